The Morgan fingerprint density at radius 3 is 1.65 bits per heavy atom. The van der Waals surface area contributed by atoms with Crippen LogP contribution in [0.5, 0.6) is 0 Å². The first-order valence-corrected chi connectivity index (χ1v) is 45.7. The third-order valence-corrected chi connectivity index (χ3v) is 23.9. The zero-order valence-electron chi connectivity index (χ0n) is 70.2. The zero-order valence-corrected chi connectivity index (χ0v) is 77.4. The minimum atomic E-state index is -5.10. The first kappa shape index (κ1) is 102. The molecule has 664 valence electrons. The van der Waals surface area contributed by atoms with Crippen LogP contribution in [0.15, 0.2) is 78.9 Å². The van der Waals surface area contributed by atoms with Gasteiger partial charge in [0.15, 0.2) is 0 Å². The number of benzene rings is 2. The number of halogens is 4. The molecule has 5 rings (SSSR count). The van der Waals surface area contributed by atoms with Crippen molar-refractivity contribution in [3.63, 3.8) is 0 Å². The highest BCUT2D eigenvalue weighted by Crippen LogP contribution is 2.31. The molecule has 1 saturated heterocycles. The third kappa shape index (κ3) is 30.9. The fourth-order valence-electron chi connectivity index (χ4n) is 14.1. The average molecular weight is 1960 g/mol. The largest absolute Gasteiger partial charge is 0.445 e. The lowest BCUT2D eigenvalue weighted by Crippen LogP contribution is -2.60. The molecule has 4 aromatic rings. The summed E-state index contributed by atoms with van der Waals surface area (Å²) in [6.45, 7) is 16.4. The molecule has 0 radical (unpaired) electrons. The number of anilines is 1. The van der Waals surface area contributed by atoms with E-state index < -0.39 is 185 Å². The van der Waals surface area contributed by atoms with Gasteiger partial charge in [-0.3, -0.25) is 67.4 Å². The van der Waals surface area contributed by atoms with Gasteiger partial charge in [-0.25, -0.2) is 9.59 Å². The molecule has 34 nitrogen and oxygen atoms in total. The summed E-state index contributed by atoms with van der Waals surface area (Å²) in [5, 5.41) is 35.9. The predicted molar refractivity (Wildman–Crippen MR) is 465 cm³/mol. The fraction of sp³-hybridized carbons (Fsp3) is 0.580. The number of carbonyl (C=O) groups excluding carboxylic acids is 12. The lowest BCUT2D eigenvalue weighted by atomic mass is 9.89. The van der Waals surface area contributed by atoms with Crippen molar-refractivity contribution in [3.05, 3.63) is 124 Å². The Kier molecular flexibility index (Phi) is 42.4. The van der Waals surface area contributed by atoms with Crippen LogP contribution in [0.1, 0.15) is 168 Å². The van der Waals surface area contributed by atoms with Crippen LogP contribution in [0.4, 0.5) is 15.3 Å². The van der Waals surface area contributed by atoms with Crippen molar-refractivity contribution in [2.45, 2.75) is 202 Å². The molecule has 3 heterocycles. The molecule has 39 heteroatoms. The van der Waals surface area contributed by atoms with Crippen LogP contribution in [-0.4, -0.2) is 235 Å². The second kappa shape index (κ2) is 49.7. The van der Waals surface area contributed by atoms with Crippen LogP contribution in [0.3, 0.4) is 0 Å². The number of methoxy groups -OCH3 is 2. The van der Waals surface area contributed by atoms with E-state index in [9.17, 15) is 75.6 Å². The van der Waals surface area contributed by atoms with E-state index in [4.69, 9.17) is 19.9 Å². The highest BCUT2D eigenvalue weighted by molar-refractivity contribution is 9.09. The molecular formula is C81H117Br4N15O19S. The van der Waals surface area contributed by atoms with Crippen LogP contribution in [0.2, 0.25) is 0 Å². The fourth-order valence-corrected chi connectivity index (χ4v) is 15.9. The van der Waals surface area contributed by atoms with Crippen LogP contribution < -0.4 is 53.6 Å². The van der Waals surface area contributed by atoms with E-state index in [1.54, 1.807) is 77.8 Å². The maximum Gasteiger partial charge on any atom is 0.410 e. The number of aliphatic hydroxyl groups excluding tert-OH is 1. The number of amides is 13. The standard InChI is InChI=1S/C81H117Br4N15O19S/c1-15-47(8)68(63(117-13)35-64(101)100-30-20-24-62(100)70(118-14)48(9)71(103)90-49(10)69(102)51-21-17-16-18-22-51)98(11)79(111)66(45(4)5)97-78(110)67(46(6)7)99(12)81(113)119-42-50-25-27-55(28-26-50)93-75(107)60(23-19-29-87-80(86)112)94-77(109)65(44(2)3)96-76(108)61(43-120(114,115)116)95-74(106)54(40-88-72(104)52-31-56(36-82)91-57(32-52)37-83)41-89-73(105)53-33-58(38-84)92-59(34-53)39-85/h16-18,21-22,25-28,31-34,44-49,54,60-63,65-70,102H,15,19-20,23-24,29-30,35-43H2,1-14H3,(H,88,104)(H,89,105)(H,90,103)(H,93,107)(H,94,109)(H,95,106)(H,96,108)(H,97,110)(H3,86,87,112)(H,114,115,116). The monoisotopic (exact) mass is 1950 g/mol. The summed E-state index contributed by atoms with van der Waals surface area (Å²) in [7, 11) is 0.872. The SMILES string of the molecule is CCC(C)C(C(CC(=O)N1CCCC1C(OC)C(C)C(=O)NC(C)C(O)c1ccccc1)OC)N(C)C(=O)C(NC(=O)C(C(C)C)N(C)C(=O)OCc1ccc(NC(=O)C(CCCNC(N)=O)NC(=O)C(NC(=O)C(CS(=O)(=O)O)NC(=O)C(CNC(=O)c2cc(CBr)nc(CBr)c2)CNC(=O)c2cc(CBr)nc(CBr)c2)C(C)C)cc1)C(C)C. The number of likely N-dealkylation sites (N-methyl/N-ethyl adjacent to an activating group) is 2. The number of urea groups is 1. The number of rotatable bonds is 47. The van der Waals surface area contributed by atoms with E-state index in [2.05, 4.69) is 122 Å². The number of aliphatic hydroxyl groups is 1. The number of hydrogen-bond acceptors (Lipinski definition) is 20. The highest BCUT2D eigenvalue weighted by atomic mass is 79.9. The Balaban J connectivity index is 1.26. The molecule has 0 aliphatic carbocycles. The molecule has 13 amide bonds. The Labute approximate surface area is 735 Å². The van der Waals surface area contributed by atoms with Crippen molar-refractivity contribution < 1.29 is 89.8 Å². The lowest BCUT2D eigenvalue weighted by Gasteiger charge is -2.41. The van der Waals surface area contributed by atoms with Gasteiger partial charge in [0.25, 0.3) is 21.9 Å². The van der Waals surface area contributed by atoms with Crippen LogP contribution >= 0.6 is 63.7 Å². The van der Waals surface area contributed by atoms with Gasteiger partial charge < -0.3 is 82.7 Å². The first-order valence-electron chi connectivity index (χ1n) is 39.6. The number of ether oxygens (including phenoxy) is 3. The molecule has 13 unspecified atom stereocenters. The molecule has 0 bridgehead atoms. The number of pyridine rings is 2. The van der Waals surface area contributed by atoms with Crippen molar-refractivity contribution >= 4 is 151 Å². The minimum Gasteiger partial charge on any atom is -0.445 e. The summed E-state index contributed by atoms with van der Waals surface area (Å²) in [4.78, 5) is 181. The molecule has 1 fully saturated rings. The summed E-state index contributed by atoms with van der Waals surface area (Å²) < 4.78 is 53.2. The number of nitrogens with two attached hydrogens (primary N) is 1. The number of aromatic nitrogens is 2. The van der Waals surface area contributed by atoms with E-state index in [1.165, 1.54) is 88.5 Å². The lowest BCUT2D eigenvalue weighted by molar-refractivity contribution is -0.148. The summed E-state index contributed by atoms with van der Waals surface area (Å²) in [6.07, 6.45) is -1.76. The number of nitrogens with one attached hydrogen (secondary N) is 9. The van der Waals surface area contributed by atoms with Gasteiger partial charge in [-0.15, -0.1) is 0 Å². The Morgan fingerprint density at radius 2 is 1.17 bits per heavy atom. The van der Waals surface area contributed by atoms with Crippen molar-refractivity contribution in [1.82, 2.24) is 67.2 Å². The van der Waals surface area contributed by atoms with E-state index in [-0.39, 0.29) is 67.0 Å². The van der Waals surface area contributed by atoms with Crippen molar-refractivity contribution in [2.75, 3.05) is 65.6 Å². The van der Waals surface area contributed by atoms with Gasteiger partial charge >= 0.3 is 12.1 Å². The van der Waals surface area contributed by atoms with E-state index in [1.807, 2.05) is 19.9 Å². The number of nitrogens with zero attached hydrogens (tertiary/aromatic N) is 5. The Morgan fingerprint density at radius 1 is 0.633 bits per heavy atom. The van der Waals surface area contributed by atoms with E-state index in [0.717, 1.165) is 4.90 Å². The quantitative estimate of drug-likeness (QED) is 0.0123. The molecule has 1 aliphatic heterocycles. The second-order valence-electron chi connectivity index (χ2n) is 30.9. The summed E-state index contributed by atoms with van der Waals surface area (Å²) in [5.41, 5.74) is 8.96. The average Bonchev–Trinajstić information content (AvgIpc) is 1.66. The Hall–Kier alpha value is -8.31. The van der Waals surface area contributed by atoms with E-state index in [0.29, 0.717) is 81.0 Å². The number of primary amides is 1. The molecule has 120 heavy (non-hydrogen) atoms. The summed E-state index contributed by atoms with van der Waals surface area (Å²) in [5.74, 6) is -12.7. The maximum absolute atomic E-state index is 14.9. The number of alkyl halides is 4. The number of hydrogen-bond donors (Lipinski definition) is 12. The van der Waals surface area contributed by atoms with Gasteiger partial charge in [-0.1, -0.05) is 175 Å². The molecule has 13 atom stereocenters. The van der Waals surface area contributed by atoms with Crippen molar-refractivity contribution in [2.24, 2.45) is 41.2 Å². The molecular weight excluding hydrogens is 1840 g/mol. The van der Waals surface area contributed by atoms with E-state index >= 15 is 0 Å². The van der Waals surface area contributed by atoms with Crippen LogP contribution in [-0.2, 0) is 90.6 Å². The van der Waals surface area contributed by atoms with Gasteiger partial charge in [0.2, 0.25) is 47.3 Å². The highest BCUT2D eigenvalue weighted by Gasteiger charge is 2.45. The van der Waals surface area contributed by atoms with Gasteiger partial charge in [-0.05, 0) is 104 Å². The number of carbonyl (C=O) groups is 12. The molecule has 2 aromatic heterocycles. The predicted octanol–water partition coefficient (Wildman–Crippen LogP) is 6.81. The molecule has 2 aromatic carbocycles. The summed E-state index contributed by atoms with van der Waals surface area (Å²) in [6, 6.07) is 11.1. The number of likely N-dealkylation sites (tertiary alicyclic amines) is 1. The Bertz CT molecular complexity index is 4140. The van der Waals surface area contributed by atoms with Gasteiger partial charge in [-0.2, -0.15) is 8.42 Å². The normalized spacial score (nSPS) is 15.9. The third-order valence-electron chi connectivity index (χ3n) is 20.8. The zero-order chi connectivity index (χ0) is 89.6. The molecule has 0 saturated carbocycles. The van der Waals surface area contributed by atoms with Crippen molar-refractivity contribution in [1.29, 1.82) is 0 Å². The molecule has 1 aliphatic rings. The van der Waals surface area contributed by atoms with Gasteiger partial charge in [0, 0.05) is 92.6 Å². The first-order chi connectivity index (χ1) is 56.6. The second-order valence-corrected chi connectivity index (χ2v) is 34.6. The topological polar surface area (TPSA) is 477 Å². The van der Waals surface area contributed by atoms with Gasteiger partial charge in [0.05, 0.1) is 77.5 Å². The molecule has 13 N–H and O–H groups in total. The smallest absolute Gasteiger partial charge is 0.410 e. The molecule has 0 spiro atoms. The van der Waals surface area contributed by atoms with Crippen LogP contribution in [0.25, 0.3) is 0 Å². The summed E-state index contributed by atoms with van der Waals surface area (Å²) >= 11 is 13.4. The minimum absolute atomic E-state index is 0.0408. The van der Waals surface area contributed by atoms with Gasteiger partial charge in [0.1, 0.15) is 42.6 Å². The van der Waals surface area contributed by atoms with Crippen LogP contribution in [0, 0.1) is 35.5 Å². The maximum atomic E-state index is 14.9. The van der Waals surface area contributed by atoms with Crippen molar-refractivity contribution in [3.8, 4) is 0 Å².